The van der Waals surface area contributed by atoms with Crippen molar-refractivity contribution in [1.29, 1.82) is 0 Å². The van der Waals surface area contributed by atoms with E-state index < -0.39 is 10.2 Å². The number of hydrogen-bond donors (Lipinski definition) is 1. The van der Waals surface area contributed by atoms with E-state index in [-0.39, 0.29) is 0 Å². The van der Waals surface area contributed by atoms with Crippen molar-refractivity contribution in [3.8, 4) is 0 Å². The molecule has 0 unspecified atom stereocenters. The van der Waals surface area contributed by atoms with Gasteiger partial charge < -0.3 is 30.6 Å². The van der Waals surface area contributed by atoms with Gasteiger partial charge in [-0.1, -0.05) is 0 Å². The first-order chi connectivity index (χ1) is 4.46. The van der Waals surface area contributed by atoms with Crippen LogP contribution in [0, 0.1) is 70.7 Å². The second-order valence-electron chi connectivity index (χ2n) is 0.447. The van der Waals surface area contributed by atoms with Crippen LogP contribution >= 0.6 is 0 Å². The molecule has 0 saturated carbocycles. The molecule has 0 aromatic carbocycles. The first-order valence-electron chi connectivity index (χ1n) is 1.38. The summed E-state index contributed by atoms with van der Waals surface area (Å²) in [6, 6.07) is 0. The Bertz CT molecular complexity index is 71.0. The van der Waals surface area contributed by atoms with E-state index in [1.165, 1.54) is 0 Å². The summed E-state index contributed by atoms with van der Waals surface area (Å²) in [5, 5.41) is 29.5. The number of hydrogen-bond acceptors (Lipinski definition) is 7. The molecule has 0 heterocycles. The van der Waals surface area contributed by atoms with Crippen LogP contribution in [0.4, 0.5) is 0 Å². The fourth-order valence-electron chi connectivity index (χ4n) is 0. The molecule has 0 atom stereocenters. The molecule has 0 aromatic rings. The predicted molar refractivity (Wildman–Crippen MR) is 24.9 cm³/mol. The first-order valence-corrected chi connectivity index (χ1v) is 3.20. The monoisotopic (exact) mass is 280 g/mol. The third kappa shape index (κ3) is 5060. The van der Waals surface area contributed by atoms with E-state index in [1.54, 1.807) is 0 Å². The fraction of sp³-hybridized carbons (Fsp3) is 0. The van der Waals surface area contributed by atoms with Gasteiger partial charge in [0.25, 0.3) is 0 Å². The Hall–Kier alpha value is -0.263. The van der Waals surface area contributed by atoms with Crippen LogP contribution in [-0.4, -0.2) is 10.2 Å². The molecule has 0 aliphatic carbocycles. The van der Waals surface area contributed by atoms with Crippen LogP contribution in [0.2, 0.25) is 0 Å². The topological polar surface area (TPSA) is 158 Å². The summed E-state index contributed by atoms with van der Waals surface area (Å²) >= 11 is 0.806. The van der Waals surface area contributed by atoms with Gasteiger partial charge in [-0.15, -0.1) is 0 Å². The standard InChI is InChI=1S/Ce.2NO3.H2N/c;2*2-1(3)4;/h;;;1H2/q+3;3*-1. The average Bonchev–Trinajstić information content (AvgIpc) is 1.66. The second-order valence-corrected chi connectivity index (χ2v) is 0.447. The molecular weight excluding hydrogens is 278 g/mol. The number of nitrogens with two attached hydrogens (primary N) is 1. The molecule has 0 bridgehead atoms. The van der Waals surface area contributed by atoms with Gasteiger partial charge in [0, 0.05) is 0 Å². The molecule has 0 aliphatic rings. The minimum absolute atomic E-state index is 0.806. The van der Waals surface area contributed by atoms with Gasteiger partial charge >= 0.3 is 41.7 Å². The van der Waals surface area contributed by atoms with Crippen LogP contribution in [0.25, 0.3) is 0 Å². The number of nitrogens with zero attached hydrogens (tertiary/aromatic N) is 2. The molecule has 0 spiro atoms. The van der Waals surface area contributed by atoms with Gasteiger partial charge in [-0.2, -0.15) is 0 Å². The molecule has 10 heavy (non-hydrogen) atoms. The summed E-state index contributed by atoms with van der Waals surface area (Å²) in [6.07, 6.45) is 0. The fourth-order valence-corrected chi connectivity index (χ4v) is 0. The Morgan fingerprint density at radius 2 is 0.900 bits per heavy atom. The maximum absolute atomic E-state index is 8.25. The van der Waals surface area contributed by atoms with Crippen molar-refractivity contribution < 1.29 is 50.2 Å². The molecule has 9 nitrogen and oxygen atoms in total. The summed E-state index contributed by atoms with van der Waals surface area (Å²) in [7, 11) is 0. The summed E-state index contributed by atoms with van der Waals surface area (Å²) in [5.74, 6) is 0. The Morgan fingerprint density at radius 1 is 0.900 bits per heavy atom. The zero-order valence-electron chi connectivity index (χ0n) is 4.42. The molecule has 0 saturated heterocycles. The van der Waals surface area contributed by atoms with E-state index in [2.05, 4.69) is 1.70 Å². The van der Waals surface area contributed by atoms with Crippen LogP contribution in [0.15, 0.2) is 0 Å². The predicted octanol–water partition coefficient (Wildman–Crippen LogP) is -1.07. The maximum atomic E-state index is 8.25. The zero-order chi connectivity index (χ0) is 9.15. The van der Waals surface area contributed by atoms with Crippen molar-refractivity contribution in [3.05, 3.63) is 30.6 Å². The van der Waals surface area contributed by atoms with Crippen LogP contribution < -0.4 is 1.70 Å². The Labute approximate surface area is 82.0 Å². The third-order valence-corrected chi connectivity index (χ3v) is 0. The van der Waals surface area contributed by atoms with E-state index in [9.17, 15) is 0 Å². The van der Waals surface area contributed by atoms with E-state index in [0.29, 0.717) is 0 Å². The SMILES string of the molecule is O=[N+]([O-])[O-].O=[N+]([O-])[O-].[NH2][Ce+2]. The van der Waals surface area contributed by atoms with Crippen molar-refractivity contribution in [2.45, 2.75) is 0 Å². The van der Waals surface area contributed by atoms with Crippen molar-refractivity contribution in [2.24, 2.45) is 1.70 Å². The summed E-state index contributed by atoms with van der Waals surface area (Å²) in [4.78, 5) is 16.5. The van der Waals surface area contributed by atoms with Gasteiger partial charge in [0.15, 0.2) is 0 Å². The Kier molecular flexibility index (Phi) is 26.0. The van der Waals surface area contributed by atoms with Gasteiger partial charge in [0.2, 0.25) is 0 Å². The van der Waals surface area contributed by atoms with Crippen LogP contribution in [0.3, 0.4) is 0 Å². The number of rotatable bonds is 0. The van der Waals surface area contributed by atoms with Crippen molar-refractivity contribution in [2.75, 3.05) is 0 Å². The molecule has 0 aliphatic heterocycles. The molecule has 0 amide bonds. The molecule has 0 fully saturated rings. The van der Waals surface area contributed by atoms with Gasteiger partial charge in [-0.3, -0.25) is 0 Å². The second kappa shape index (κ2) is 15.9. The molecular formula is H2CeN3O6. The molecule has 0 radical (unpaired) electrons. The van der Waals surface area contributed by atoms with E-state index in [0.717, 1.165) is 40.0 Å². The minimum atomic E-state index is -1.75. The Morgan fingerprint density at radius 3 is 0.900 bits per heavy atom. The zero-order valence-corrected chi connectivity index (χ0v) is 7.56. The molecule has 57 valence electrons. The summed E-state index contributed by atoms with van der Waals surface area (Å²) in [5.41, 5.74) is 0. The van der Waals surface area contributed by atoms with Crippen LogP contribution in [0.1, 0.15) is 0 Å². The van der Waals surface area contributed by atoms with Gasteiger partial charge in [0.05, 0.1) is 10.2 Å². The van der Waals surface area contributed by atoms with Gasteiger partial charge in [-0.25, -0.2) is 0 Å². The molecule has 0 aromatic heterocycles. The van der Waals surface area contributed by atoms with Gasteiger partial charge in [0.1, 0.15) is 0 Å². The first kappa shape index (κ1) is 16.4. The molecule has 10 heteroatoms. The van der Waals surface area contributed by atoms with Crippen molar-refractivity contribution in [3.63, 3.8) is 0 Å². The third-order valence-electron chi connectivity index (χ3n) is 0. The normalized spacial score (nSPS) is 5.50. The van der Waals surface area contributed by atoms with E-state index in [4.69, 9.17) is 30.6 Å². The summed E-state index contributed by atoms with van der Waals surface area (Å²) in [6.45, 7) is 0. The van der Waals surface area contributed by atoms with Crippen molar-refractivity contribution in [1.82, 2.24) is 0 Å². The molecule has 0 rings (SSSR count). The average molecular weight is 280 g/mol. The summed E-state index contributed by atoms with van der Waals surface area (Å²) < 4.78 is 4.64. The van der Waals surface area contributed by atoms with Crippen molar-refractivity contribution >= 4 is 0 Å². The van der Waals surface area contributed by atoms with Crippen LogP contribution in [-0.2, 0) is 0 Å². The van der Waals surface area contributed by atoms with E-state index >= 15 is 0 Å². The van der Waals surface area contributed by atoms with Crippen LogP contribution in [0.5, 0.6) is 0 Å². The quantitative estimate of drug-likeness (QED) is 0.436. The van der Waals surface area contributed by atoms with Gasteiger partial charge in [-0.05, 0) is 0 Å². The Balaban J connectivity index is -0.0000000787. The molecule has 2 N–H and O–H groups in total. The van der Waals surface area contributed by atoms with E-state index in [1.807, 2.05) is 0 Å².